The molecule has 1 aliphatic rings. The standard InChI is InChI=1S/C14H18N2O2S/c1-9-4-5-12(10(2)8-9)19-11(3)13(17)16-7-6-15-14(16)18/h4-5,8,11H,6-7H2,1-3H3,(H,15,18)/t11-/m1/s1. The topological polar surface area (TPSA) is 49.4 Å². The number of nitrogens with one attached hydrogen (secondary N) is 1. The lowest BCUT2D eigenvalue weighted by Crippen LogP contribution is -2.38. The average molecular weight is 278 g/mol. The summed E-state index contributed by atoms with van der Waals surface area (Å²) in [7, 11) is 0. The Balaban J connectivity index is 2.06. The highest BCUT2D eigenvalue weighted by Gasteiger charge is 2.30. The minimum absolute atomic E-state index is 0.125. The van der Waals surface area contributed by atoms with E-state index in [1.165, 1.54) is 22.2 Å². The lowest BCUT2D eigenvalue weighted by Gasteiger charge is -2.18. The minimum Gasteiger partial charge on any atom is -0.336 e. The van der Waals surface area contributed by atoms with Crippen LogP contribution in [0.5, 0.6) is 0 Å². The second-order valence-corrected chi connectivity index (χ2v) is 6.13. The third-order valence-corrected chi connectivity index (χ3v) is 4.37. The number of imide groups is 1. The van der Waals surface area contributed by atoms with Crippen LogP contribution in [0.4, 0.5) is 4.79 Å². The van der Waals surface area contributed by atoms with Gasteiger partial charge in [0.25, 0.3) is 0 Å². The zero-order valence-corrected chi connectivity index (χ0v) is 12.2. The van der Waals surface area contributed by atoms with Crippen molar-refractivity contribution >= 4 is 23.7 Å². The fraction of sp³-hybridized carbons (Fsp3) is 0.429. The maximum Gasteiger partial charge on any atom is 0.324 e. The summed E-state index contributed by atoms with van der Waals surface area (Å²) in [5.41, 5.74) is 2.37. The van der Waals surface area contributed by atoms with Crippen LogP contribution in [0.3, 0.4) is 0 Å². The summed E-state index contributed by atoms with van der Waals surface area (Å²) < 4.78 is 0. The van der Waals surface area contributed by atoms with E-state index in [0.717, 1.165) is 10.5 Å². The number of nitrogens with zero attached hydrogens (tertiary/aromatic N) is 1. The number of urea groups is 1. The lowest BCUT2D eigenvalue weighted by atomic mass is 10.2. The van der Waals surface area contributed by atoms with Gasteiger partial charge in [-0.05, 0) is 32.4 Å². The van der Waals surface area contributed by atoms with Crippen molar-refractivity contribution < 1.29 is 9.59 Å². The minimum atomic E-state index is -0.280. The average Bonchev–Trinajstić information content (AvgIpc) is 2.78. The Morgan fingerprint density at radius 3 is 2.74 bits per heavy atom. The number of carbonyl (C=O) groups is 2. The monoisotopic (exact) mass is 278 g/mol. The molecule has 0 bridgehead atoms. The molecule has 0 spiro atoms. The van der Waals surface area contributed by atoms with Gasteiger partial charge in [-0.2, -0.15) is 0 Å². The highest BCUT2D eigenvalue weighted by atomic mass is 32.2. The number of amides is 3. The first-order chi connectivity index (χ1) is 8.99. The Hall–Kier alpha value is -1.49. The number of hydrogen-bond acceptors (Lipinski definition) is 3. The van der Waals surface area contributed by atoms with E-state index in [1.807, 2.05) is 32.9 Å². The van der Waals surface area contributed by atoms with Crippen molar-refractivity contribution in [2.24, 2.45) is 0 Å². The van der Waals surface area contributed by atoms with Crippen LogP contribution in [0, 0.1) is 13.8 Å². The zero-order chi connectivity index (χ0) is 14.0. The molecule has 1 fully saturated rings. The van der Waals surface area contributed by atoms with Gasteiger partial charge in [0.15, 0.2) is 0 Å². The Morgan fingerprint density at radius 2 is 2.16 bits per heavy atom. The SMILES string of the molecule is Cc1ccc(S[C@H](C)C(=O)N2CCNC2=O)c(C)c1. The number of thioether (sulfide) groups is 1. The summed E-state index contributed by atoms with van der Waals surface area (Å²) in [6.07, 6.45) is 0. The van der Waals surface area contributed by atoms with Gasteiger partial charge in [0.2, 0.25) is 5.91 Å². The Morgan fingerprint density at radius 1 is 1.42 bits per heavy atom. The molecule has 4 nitrogen and oxygen atoms in total. The summed E-state index contributed by atoms with van der Waals surface area (Å²) in [5, 5.41) is 2.39. The van der Waals surface area contributed by atoms with Crippen molar-refractivity contribution in [3.05, 3.63) is 29.3 Å². The molecule has 1 aromatic rings. The summed E-state index contributed by atoms with van der Waals surface area (Å²) in [5.74, 6) is -0.125. The second kappa shape index (κ2) is 5.65. The molecule has 0 radical (unpaired) electrons. The maximum atomic E-state index is 12.2. The number of hydrogen-bond donors (Lipinski definition) is 1. The van der Waals surface area contributed by atoms with Crippen molar-refractivity contribution in [2.75, 3.05) is 13.1 Å². The first-order valence-corrected chi connectivity index (χ1v) is 7.20. The summed E-state index contributed by atoms with van der Waals surface area (Å²) in [4.78, 5) is 26.0. The largest absolute Gasteiger partial charge is 0.336 e. The molecule has 19 heavy (non-hydrogen) atoms. The first kappa shape index (κ1) is 13.9. The van der Waals surface area contributed by atoms with Gasteiger partial charge in [-0.25, -0.2) is 4.79 Å². The van der Waals surface area contributed by atoms with Gasteiger partial charge < -0.3 is 5.32 Å². The van der Waals surface area contributed by atoms with E-state index in [4.69, 9.17) is 0 Å². The van der Waals surface area contributed by atoms with Gasteiger partial charge in [-0.15, -0.1) is 11.8 Å². The molecule has 3 amide bonds. The molecule has 2 rings (SSSR count). The molecular formula is C14H18N2O2S. The predicted octanol–water partition coefficient (Wildman–Crippen LogP) is 2.34. The van der Waals surface area contributed by atoms with Gasteiger partial charge in [0.1, 0.15) is 0 Å². The van der Waals surface area contributed by atoms with Crippen LogP contribution in [-0.4, -0.2) is 35.2 Å². The van der Waals surface area contributed by atoms with Gasteiger partial charge in [-0.1, -0.05) is 17.7 Å². The highest BCUT2D eigenvalue weighted by molar-refractivity contribution is 8.00. The van der Waals surface area contributed by atoms with Gasteiger partial charge in [0, 0.05) is 18.0 Å². The molecular weight excluding hydrogens is 260 g/mol. The Bertz CT molecular complexity index is 516. The van der Waals surface area contributed by atoms with Crippen molar-refractivity contribution in [1.29, 1.82) is 0 Å². The number of rotatable bonds is 3. The summed E-state index contributed by atoms with van der Waals surface area (Å²) >= 11 is 1.50. The number of aryl methyl sites for hydroxylation is 2. The van der Waals surface area contributed by atoms with E-state index in [-0.39, 0.29) is 17.2 Å². The molecule has 0 aromatic heterocycles. The van der Waals surface area contributed by atoms with Crippen LogP contribution < -0.4 is 5.32 Å². The molecule has 1 saturated heterocycles. The highest BCUT2D eigenvalue weighted by Crippen LogP contribution is 2.28. The summed E-state index contributed by atoms with van der Waals surface area (Å²) in [6.45, 7) is 6.94. The van der Waals surface area contributed by atoms with E-state index in [0.29, 0.717) is 13.1 Å². The zero-order valence-electron chi connectivity index (χ0n) is 11.4. The smallest absolute Gasteiger partial charge is 0.324 e. The van der Waals surface area contributed by atoms with E-state index < -0.39 is 0 Å². The normalized spacial score (nSPS) is 16.4. The maximum absolute atomic E-state index is 12.2. The molecule has 102 valence electrons. The van der Waals surface area contributed by atoms with E-state index in [2.05, 4.69) is 11.4 Å². The van der Waals surface area contributed by atoms with Crippen molar-refractivity contribution in [3.63, 3.8) is 0 Å². The fourth-order valence-electron chi connectivity index (χ4n) is 2.07. The molecule has 1 heterocycles. The van der Waals surface area contributed by atoms with Crippen LogP contribution in [0.2, 0.25) is 0 Å². The van der Waals surface area contributed by atoms with E-state index in [9.17, 15) is 9.59 Å². The Kier molecular flexibility index (Phi) is 4.14. The molecule has 0 saturated carbocycles. The van der Waals surface area contributed by atoms with Crippen LogP contribution in [-0.2, 0) is 4.79 Å². The second-order valence-electron chi connectivity index (χ2n) is 4.75. The first-order valence-electron chi connectivity index (χ1n) is 6.32. The van der Waals surface area contributed by atoms with Crippen LogP contribution in [0.15, 0.2) is 23.1 Å². The molecule has 1 atom stereocenters. The lowest BCUT2D eigenvalue weighted by molar-refractivity contribution is -0.126. The van der Waals surface area contributed by atoms with Crippen molar-refractivity contribution in [3.8, 4) is 0 Å². The fourth-order valence-corrected chi connectivity index (χ4v) is 3.07. The molecule has 5 heteroatoms. The molecule has 1 aromatic carbocycles. The quantitative estimate of drug-likeness (QED) is 0.863. The van der Waals surface area contributed by atoms with Crippen molar-refractivity contribution in [2.45, 2.75) is 30.9 Å². The molecule has 0 aliphatic carbocycles. The summed E-state index contributed by atoms with van der Waals surface area (Å²) in [6, 6.07) is 5.89. The van der Waals surface area contributed by atoms with Crippen LogP contribution in [0.25, 0.3) is 0 Å². The number of benzene rings is 1. The Labute approximate surface area is 117 Å². The van der Waals surface area contributed by atoms with E-state index in [1.54, 1.807) is 0 Å². The molecule has 1 aliphatic heterocycles. The van der Waals surface area contributed by atoms with Gasteiger partial charge in [0.05, 0.1) is 5.25 Å². The van der Waals surface area contributed by atoms with E-state index >= 15 is 0 Å². The van der Waals surface area contributed by atoms with Crippen LogP contribution >= 0.6 is 11.8 Å². The van der Waals surface area contributed by atoms with Gasteiger partial charge in [-0.3, -0.25) is 9.69 Å². The molecule has 0 unspecified atom stereocenters. The number of carbonyl (C=O) groups excluding carboxylic acids is 2. The van der Waals surface area contributed by atoms with Gasteiger partial charge >= 0.3 is 6.03 Å². The molecule has 1 N–H and O–H groups in total. The predicted molar refractivity (Wildman–Crippen MR) is 76.3 cm³/mol. The van der Waals surface area contributed by atoms with Crippen LogP contribution in [0.1, 0.15) is 18.1 Å². The third kappa shape index (κ3) is 3.10. The van der Waals surface area contributed by atoms with Crippen molar-refractivity contribution in [1.82, 2.24) is 10.2 Å². The third-order valence-electron chi connectivity index (χ3n) is 3.10.